The second-order valence-corrected chi connectivity index (χ2v) is 3.85. The Bertz CT molecular complexity index is 475. The average molecular weight is 280 g/mol. The van der Waals surface area contributed by atoms with Gasteiger partial charge in [0.15, 0.2) is 0 Å². The molecule has 2 N–H and O–H groups in total. The predicted octanol–water partition coefficient (Wildman–Crippen LogP) is 0.850. The molecule has 108 valence electrons. The van der Waals surface area contributed by atoms with E-state index in [2.05, 4.69) is 4.74 Å². The van der Waals surface area contributed by atoms with E-state index in [1.165, 1.54) is 4.90 Å². The zero-order chi connectivity index (χ0) is 15.0. The van der Waals surface area contributed by atoms with Gasteiger partial charge >= 0.3 is 12.1 Å². The molecule has 0 spiro atoms. The van der Waals surface area contributed by atoms with Crippen LogP contribution in [0.25, 0.3) is 0 Å². The van der Waals surface area contributed by atoms with Crippen LogP contribution >= 0.6 is 0 Å². The zero-order valence-corrected chi connectivity index (χ0v) is 11.0. The van der Waals surface area contributed by atoms with Crippen molar-refractivity contribution in [3.05, 3.63) is 30.3 Å². The van der Waals surface area contributed by atoms with Crippen molar-refractivity contribution in [3.8, 4) is 0 Å². The molecular formula is C13H16N2O5. The van der Waals surface area contributed by atoms with E-state index < -0.39 is 18.0 Å². The van der Waals surface area contributed by atoms with E-state index in [0.29, 0.717) is 5.69 Å². The molecular weight excluding hydrogens is 264 g/mol. The number of rotatable bonds is 6. The van der Waals surface area contributed by atoms with Crippen molar-refractivity contribution in [2.24, 2.45) is 0 Å². The van der Waals surface area contributed by atoms with Crippen molar-refractivity contribution in [2.45, 2.75) is 6.92 Å². The molecule has 2 amide bonds. The maximum atomic E-state index is 11.6. The minimum atomic E-state index is -1.07. The van der Waals surface area contributed by atoms with Crippen molar-refractivity contribution in [1.82, 2.24) is 5.32 Å². The van der Waals surface area contributed by atoms with Crippen molar-refractivity contribution >= 4 is 23.7 Å². The first kappa shape index (κ1) is 15.5. The summed E-state index contributed by atoms with van der Waals surface area (Å²) in [5.74, 6) is -1.70. The minimum absolute atomic E-state index is 0.149. The number of amides is 2. The standard InChI is InChI=1S/C13H16N2O5/c1-2-20-13(19)14-11(16)8-15(9-12(17)18)10-6-4-3-5-7-10/h3-7H,2,8-9H2,1H3,(H,17,18)(H,14,16,19). The number of carbonyl (C=O) groups is 3. The van der Waals surface area contributed by atoms with Crippen LogP contribution in [0.1, 0.15) is 6.92 Å². The van der Waals surface area contributed by atoms with Crippen molar-refractivity contribution in [3.63, 3.8) is 0 Å². The van der Waals surface area contributed by atoms with E-state index in [-0.39, 0.29) is 19.7 Å². The van der Waals surface area contributed by atoms with E-state index in [4.69, 9.17) is 5.11 Å². The van der Waals surface area contributed by atoms with Crippen molar-refractivity contribution in [1.29, 1.82) is 0 Å². The van der Waals surface area contributed by atoms with Gasteiger partial charge in [-0.3, -0.25) is 14.9 Å². The van der Waals surface area contributed by atoms with Gasteiger partial charge in [-0.1, -0.05) is 18.2 Å². The van der Waals surface area contributed by atoms with Crippen molar-refractivity contribution in [2.75, 3.05) is 24.6 Å². The number of benzene rings is 1. The van der Waals surface area contributed by atoms with Crippen LogP contribution in [0.4, 0.5) is 10.5 Å². The molecule has 1 aromatic carbocycles. The largest absolute Gasteiger partial charge is 0.480 e. The Kier molecular flexibility index (Phi) is 6.02. The summed E-state index contributed by atoms with van der Waals surface area (Å²) in [5, 5.41) is 10.9. The van der Waals surface area contributed by atoms with Crippen molar-refractivity contribution < 1.29 is 24.2 Å². The van der Waals surface area contributed by atoms with Gasteiger partial charge in [0.2, 0.25) is 5.91 Å². The Morgan fingerprint density at radius 3 is 2.40 bits per heavy atom. The van der Waals surface area contributed by atoms with E-state index in [0.717, 1.165) is 0 Å². The van der Waals surface area contributed by atoms with Gasteiger partial charge in [0.1, 0.15) is 6.54 Å². The highest BCUT2D eigenvalue weighted by Crippen LogP contribution is 2.12. The van der Waals surface area contributed by atoms with E-state index in [1.807, 2.05) is 5.32 Å². The number of para-hydroxylation sites is 1. The molecule has 0 radical (unpaired) electrons. The molecule has 0 saturated carbocycles. The number of alkyl carbamates (subject to hydrolysis) is 1. The summed E-state index contributed by atoms with van der Waals surface area (Å²) in [4.78, 5) is 34.9. The highest BCUT2D eigenvalue weighted by atomic mass is 16.5. The number of nitrogens with one attached hydrogen (secondary N) is 1. The molecule has 7 nitrogen and oxygen atoms in total. The first-order valence-corrected chi connectivity index (χ1v) is 6.01. The third-order valence-corrected chi connectivity index (χ3v) is 2.30. The molecule has 0 aliphatic carbocycles. The molecule has 7 heteroatoms. The number of carboxylic acids is 1. The third kappa shape index (κ3) is 5.38. The van der Waals surface area contributed by atoms with E-state index in [1.54, 1.807) is 37.3 Å². The number of imide groups is 1. The van der Waals surface area contributed by atoms with Crippen LogP contribution in [0.5, 0.6) is 0 Å². The van der Waals surface area contributed by atoms with Gasteiger partial charge in [0, 0.05) is 5.69 Å². The lowest BCUT2D eigenvalue weighted by Gasteiger charge is -2.21. The lowest BCUT2D eigenvalue weighted by Crippen LogP contribution is -2.42. The molecule has 0 aliphatic heterocycles. The number of hydrogen-bond acceptors (Lipinski definition) is 5. The van der Waals surface area contributed by atoms with Crippen LogP contribution in [0, 0.1) is 0 Å². The van der Waals surface area contributed by atoms with E-state index in [9.17, 15) is 14.4 Å². The fraction of sp³-hybridized carbons (Fsp3) is 0.308. The summed E-state index contributed by atoms with van der Waals surface area (Å²) in [5.41, 5.74) is 0.578. The smallest absolute Gasteiger partial charge is 0.413 e. The molecule has 0 unspecified atom stereocenters. The summed E-state index contributed by atoms with van der Waals surface area (Å²) in [7, 11) is 0. The molecule has 0 aromatic heterocycles. The quantitative estimate of drug-likeness (QED) is 0.802. The topological polar surface area (TPSA) is 95.9 Å². The minimum Gasteiger partial charge on any atom is -0.480 e. The second kappa shape index (κ2) is 7.78. The van der Waals surface area contributed by atoms with Gasteiger partial charge in [0.05, 0.1) is 13.2 Å². The maximum absolute atomic E-state index is 11.6. The van der Waals surface area contributed by atoms with Gasteiger partial charge in [-0.2, -0.15) is 0 Å². The first-order valence-electron chi connectivity index (χ1n) is 6.01. The van der Waals surface area contributed by atoms with Gasteiger partial charge in [-0.25, -0.2) is 4.79 Å². The number of carbonyl (C=O) groups excluding carboxylic acids is 2. The first-order chi connectivity index (χ1) is 9.52. The van der Waals surface area contributed by atoms with Crippen LogP contribution in [-0.2, 0) is 14.3 Å². The number of nitrogens with zero attached hydrogens (tertiary/aromatic N) is 1. The lowest BCUT2D eigenvalue weighted by atomic mass is 10.3. The number of carboxylic acid groups (broad SMARTS) is 1. The monoisotopic (exact) mass is 280 g/mol. The molecule has 1 aromatic rings. The van der Waals surface area contributed by atoms with Crippen LogP contribution in [0.2, 0.25) is 0 Å². The highest BCUT2D eigenvalue weighted by Gasteiger charge is 2.16. The summed E-state index contributed by atoms with van der Waals surface area (Å²) in [6.45, 7) is 1.16. The molecule has 0 bridgehead atoms. The number of aliphatic carboxylic acids is 1. The fourth-order valence-electron chi connectivity index (χ4n) is 1.53. The normalized spacial score (nSPS) is 9.65. The number of anilines is 1. The summed E-state index contributed by atoms with van der Waals surface area (Å²) in [6, 6.07) is 8.60. The summed E-state index contributed by atoms with van der Waals surface area (Å²) in [6.07, 6.45) is -0.846. The van der Waals surface area contributed by atoms with Gasteiger partial charge < -0.3 is 14.7 Å². The van der Waals surface area contributed by atoms with E-state index >= 15 is 0 Å². The average Bonchev–Trinajstić information content (AvgIpc) is 2.38. The molecule has 0 aliphatic rings. The van der Waals surface area contributed by atoms with Gasteiger partial charge in [-0.05, 0) is 19.1 Å². The Labute approximate surface area is 116 Å². The van der Waals surface area contributed by atoms with Gasteiger partial charge in [0.25, 0.3) is 0 Å². The fourth-order valence-corrected chi connectivity index (χ4v) is 1.53. The molecule has 20 heavy (non-hydrogen) atoms. The Balaban J connectivity index is 2.68. The van der Waals surface area contributed by atoms with Crippen LogP contribution in [0.15, 0.2) is 30.3 Å². The summed E-state index contributed by atoms with van der Waals surface area (Å²) >= 11 is 0. The second-order valence-electron chi connectivity index (χ2n) is 3.85. The molecule has 0 atom stereocenters. The molecule has 0 fully saturated rings. The Morgan fingerprint density at radius 2 is 1.85 bits per heavy atom. The number of hydrogen-bond donors (Lipinski definition) is 2. The third-order valence-electron chi connectivity index (χ3n) is 2.30. The molecule has 1 rings (SSSR count). The highest BCUT2D eigenvalue weighted by molar-refractivity contribution is 5.94. The zero-order valence-electron chi connectivity index (χ0n) is 11.0. The number of ether oxygens (including phenoxy) is 1. The Hall–Kier alpha value is -2.57. The predicted molar refractivity (Wildman–Crippen MR) is 71.5 cm³/mol. The van der Waals surface area contributed by atoms with Crippen LogP contribution in [0.3, 0.4) is 0 Å². The van der Waals surface area contributed by atoms with Crippen LogP contribution in [-0.4, -0.2) is 42.8 Å². The Morgan fingerprint density at radius 1 is 1.20 bits per heavy atom. The molecule has 0 heterocycles. The lowest BCUT2D eigenvalue weighted by molar-refractivity contribution is -0.135. The maximum Gasteiger partial charge on any atom is 0.413 e. The van der Waals surface area contributed by atoms with Crippen LogP contribution < -0.4 is 10.2 Å². The molecule has 0 saturated heterocycles. The SMILES string of the molecule is CCOC(=O)NC(=O)CN(CC(=O)O)c1ccccc1. The van der Waals surface area contributed by atoms with Gasteiger partial charge in [-0.15, -0.1) is 0 Å². The summed E-state index contributed by atoms with van der Waals surface area (Å²) < 4.78 is 4.58.